The van der Waals surface area contributed by atoms with Gasteiger partial charge in [-0.1, -0.05) is 6.92 Å². The van der Waals surface area contributed by atoms with Crippen LogP contribution in [0.5, 0.6) is 0 Å². The molecule has 2 N–H and O–H groups in total. The van der Waals surface area contributed by atoms with Crippen LogP contribution in [0.25, 0.3) is 10.2 Å². The molecule has 0 saturated carbocycles. The van der Waals surface area contributed by atoms with E-state index >= 15 is 0 Å². The lowest BCUT2D eigenvalue weighted by atomic mass is 10.3. The summed E-state index contributed by atoms with van der Waals surface area (Å²) in [6.45, 7) is 4.73. The smallest absolute Gasteiger partial charge is 0.225 e. The first-order valence-electron chi connectivity index (χ1n) is 6.04. The molecule has 0 spiro atoms. The van der Waals surface area contributed by atoms with Gasteiger partial charge in [-0.15, -0.1) is 11.3 Å². The zero-order valence-electron chi connectivity index (χ0n) is 10.8. The summed E-state index contributed by atoms with van der Waals surface area (Å²) in [7, 11) is 0. The standard InChI is InChI=1S/C12H15ClN4OS/c1-3-8-6-9-10(15-5-4-14-7(2)18)16-12(13)17-11(9)19-8/h6H,3-5H2,1-2H3,(H,14,18)(H,15,16,17). The number of halogens is 1. The molecule has 1 amide bonds. The first kappa shape index (κ1) is 14.0. The molecule has 2 aromatic rings. The highest BCUT2D eigenvalue weighted by molar-refractivity contribution is 7.18. The van der Waals surface area contributed by atoms with Crippen LogP contribution in [-0.4, -0.2) is 29.0 Å². The maximum absolute atomic E-state index is 10.8. The molecule has 19 heavy (non-hydrogen) atoms. The number of hydrogen-bond donors (Lipinski definition) is 2. The Morgan fingerprint density at radius 2 is 2.21 bits per heavy atom. The molecule has 2 aromatic heterocycles. The molecule has 7 heteroatoms. The van der Waals surface area contributed by atoms with Crippen molar-refractivity contribution in [3.8, 4) is 0 Å². The molecule has 5 nitrogen and oxygen atoms in total. The molecule has 0 fully saturated rings. The average Bonchev–Trinajstić information content (AvgIpc) is 2.77. The number of fused-ring (bicyclic) bond motifs is 1. The maximum Gasteiger partial charge on any atom is 0.225 e. The number of carbonyl (C=O) groups excluding carboxylic acids is 1. The third-order valence-electron chi connectivity index (χ3n) is 2.56. The summed E-state index contributed by atoms with van der Waals surface area (Å²) in [5.74, 6) is 0.674. The molecule has 2 rings (SSSR count). The molecule has 0 aliphatic carbocycles. The number of amides is 1. The van der Waals surface area contributed by atoms with Gasteiger partial charge in [-0.05, 0) is 24.1 Å². The lowest BCUT2D eigenvalue weighted by molar-refractivity contribution is -0.118. The Bertz CT molecular complexity index is 599. The number of hydrogen-bond acceptors (Lipinski definition) is 5. The van der Waals surface area contributed by atoms with E-state index in [9.17, 15) is 4.79 Å². The minimum absolute atomic E-state index is 0.0449. The summed E-state index contributed by atoms with van der Waals surface area (Å²) in [5, 5.41) is 7.11. The summed E-state index contributed by atoms with van der Waals surface area (Å²) in [6.07, 6.45) is 0.962. The number of thiophene rings is 1. The second-order valence-electron chi connectivity index (χ2n) is 4.04. The highest BCUT2D eigenvalue weighted by atomic mass is 35.5. The van der Waals surface area contributed by atoms with Crippen LogP contribution in [-0.2, 0) is 11.2 Å². The summed E-state index contributed by atoms with van der Waals surface area (Å²) < 4.78 is 0. The van der Waals surface area contributed by atoms with Crippen LogP contribution in [0.3, 0.4) is 0 Å². The van der Waals surface area contributed by atoms with Gasteiger partial charge in [0.05, 0.1) is 5.39 Å². The minimum Gasteiger partial charge on any atom is -0.368 e. The van der Waals surface area contributed by atoms with E-state index in [-0.39, 0.29) is 11.2 Å². The van der Waals surface area contributed by atoms with E-state index in [1.165, 1.54) is 11.8 Å². The third kappa shape index (κ3) is 3.54. The second-order valence-corrected chi connectivity index (χ2v) is 5.49. The van der Waals surface area contributed by atoms with Crippen molar-refractivity contribution in [2.75, 3.05) is 18.4 Å². The molecule has 0 saturated heterocycles. The van der Waals surface area contributed by atoms with Gasteiger partial charge in [0.25, 0.3) is 0 Å². The van der Waals surface area contributed by atoms with E-state index in [0.717, 1.165) is 22.5 Å². The molecule has 0 bridgehead atoms. The monoisotopic (exact) mass is 298 g/mol. The molecule has 2 heterocycles. The predicted octanol–water partition coefficient (Wildman–Crippen LogP) is 2.46. The summed E-state index contributed by atoms with van der Waals surface area (Å²) >= 11 is 7.54. The Kier molecular flexibility index (Phi) is 4.55. The highest BCUT2D eigenvalue weighted by Crippen LogP contribution is 2.30. The Balaban J connectivity index is 2.16. The van der Waals surface area contributed by atoms with Gasteiger partial charge in [0.1, 0.15) is 10.6 Å². The minimum atomic E-state index is -0.0449. The fourth-order valence-corrected chi connectivity index (χ4v) is 2.86. The number of nitrogens with zero attached hydrogens (tertiary/aromatic N) is 2. The van der Waals surface area contributed by atoms with Crippen molar-refractivity contribution in [3.05, 3.63) is 16.2 Å². The number of aryl methyl sites for hydroxylation is 1. The number of anilines is 1. The van der Waals surface area contributed by atoms with E-state index in [1.54, 1.807) is 11.3 Å². The maximum atomic E-state index is 10.8. The van der Waals surface area contributed by atoms with Crippen LogP contribution in [0.2, 0.25) is 5.28 Å². The van der Waals surface area contributed by atoms with Crippen molar-refractivity contribution in [2.45, 2.75) is 20.3 Å². The molecule has 0 aliphatic rings. The Hall–Kier alpha value is -1.40. The number of carbonyl (C=O) groups is 1. The first-order valence-corrected chi connectivity index (χ1v) is 7.24. The van der Waals surface area contributed by atoms with Crippen molar-refractivity contribution < 1.29 is 4.79 Å². The zero-order chi connectivity index (χ0) is 13.8. The third-order valence-corrected chi connectivity index (χ3v) is 3.90. The van der Waals surface area contributed by atoms with Gasteiger partial charge in [-0.3, -0.25) is 4.79 Å². The van der Waals surface area contributed by atoms with Crippen LogP contribution < -0.4 is 10.6 Å². The molecular formula is C12H15ClN4OS. The molecule has 0 aromatic carbocycles. The largest absolute Gasteiger partial charge is 0.368 e. The fraction of sp³-hybridized carbons (Fsp3) is 0.417. The Morgan fingerprint density at radius 1 is 1.42 bits per heavy atom. The summed E-state index contributed by atoms with van der Waals surface area (Å²) in [6, 6.07) is 2.08. The van der Waals surface area contributed by atoms with Crippen LogP contribution in [0, 0.1) is 0 Å². The zero-order valence-corrected chi connectivity index (χ0v) is 12.4. The summed E-state index contributed by atoms with van der Waals surface area (Å²) in [5.41, 5.74) is 0. The SMILES string of the molecule is CCc1cc2c(NCCNC(C)=O)nc(Cl)nc2s1. The highest BCUT2D eigenvalue weighted by Gasteiger charge is 2.10. The van der Waals surface area contributed by atoms with Gasteiger partial charge in [-0.2, -0.15) is 0 Å². The van der Waals surface area contributed by atoms with Gasteiger partial charge >= 0.3 is 0 Å². The first-order chi connectivity index (χ1) is 9.10. The van der Waals surface area contributed by atoms with Crippen LogP contribution in [0.1, 0.15) is 18.7 Å². The quantitative estimate of drug-likeness (QED) is 0.657. The van der Waals surface area contributed by atoms with E-state index in [4.69, 9.17) is 11.6 Å². The van der Waals surface area contributed by atoms with E-state index in [2.05, 4.69) is 33.6 Å². The topological polar surface area (TPSA) is 66.9 Å². The normalized spacial score (nSPS) is 10.7. The van der Waals surface area contributed by atoms with Crippen molar-refractivity contribution in [2.24, 2.45) is 0 Å². The molecule has 0 unspecified atom stereocenters. The van der Waals surface area contributed by atoms with Crippen molar-refractivity contribution in [1.29, 1.82) is 0 Å². The van der Waals surface area contributed by atoms with Crippen LogP contribution in [0.15, 0.2) is 6.07 Å². The molecule has 102 valence electrons. The van der Waals surface area contributed by atoms with Gasteiger partial charge < -0.3 is 10.6 Å². The van der Waals surface area contributed by atoms with Crippen LogP contribution >= 0.6 is 22.9 Å². The fourth-order valence-electron chi connectivity index (χ4n) is 1.67. The van der Waals surface area contributed by atoms with Crippen molar-refractivity contribution in [3.63, 3.8) is 0 Å². The summed E-state index contributed by atoms with van der Waals surface area (Å²) in [4.78, 5) is 21.3. The lowest BCUT2D eigenvalue weighted by Gasteiger charge is -2.07. The average molecular weight is 299 g/mol. The van der Waals surface area contributed by atoms with E-state index in [1.807, 2.05) is 0 Å². The van der Waals surface area contributed by atoms with Crippen LogP contribution in [0.4, 0.5) is 5.82 Å². The van der Waals surface area contributed by atoms with Gasteiger partial charge in [0.2, 0.25) is 11.2 Å². The van der Waals surface area contributed by atoms with Crippen molar-refractivity contribution >= 4 is 44.9 Å². The predicted molar refractivity (Wildman–Crippen MR) is 79.0 cm³/mol. The molecular weight excluding hydrogens is 284 g/mol. The van der Waals surface area contributed by atoms with Gasteiger partial charge in [0.15, 0.2) is 0 Å². The second kappa shape index (κ2) is 6.16. The molecule has 0 atom stereocenters. The van der Waals surface area contributed by atoms with Gasteiger partial charge in [-0.25, -0.2) is 9.97 Å². The van der Waals surface area contributed by atoms with Crippen molar-refractivity contribution in [1.82, 2.24) is 15.3 Å². The van der Waals surface area contributed by atoms with E-state index < -0.39 is 0 Å². The van der Waals surface area contributed by atoms with Gasteiger partial charge in [0, 0.05) is 24.9 Å². The molecule has 0 radical (unpaired) electrons. The number of nitrogens with one attached hydrogen (secondary N) is 2. The lowest BCUT2D eigenvalue weighted by Crippen LogP contribution is -2.26. The van der Waals surface area contributed by atoms with E-state index in [0.29, 0.717) is 13.1 Å². The Morgan fingerprint density at radius 3 is 2.89 bits per heavy atom. The number of rotatable bonds is 5. The number of aromatic nitrogens is 2. The Labute approximate surface area is 120 Å². The molecule has 0 aliphatic heterocycles.